The van der Waals surface area contributed by atoms with Gasteiger partial charge < -0.3 is 10.0 Å². The zero-order valence-electron chi connectivity index (χ0n) is 11.3. The molecule has 0 bridgehead atoms. The van der Waals surface area contributed by atoms with Crippen molar-refractivity contribution in [2.75, 3.05) is 18.8 Å². The van der Waals surface area contributed by atoms with Crippen LogP contribution in [-0.2, 0) is 9.59 Å². The van der Waals surface area contributed by atoms with E-state index in [-0.39, 0.29) is 24.7 Å². The first-order valence-electron chi connectivity index (χ1n) is 6.41. The number of carbonyl (C=O) groups is 2. The second-order valence-electron chi connectivity index (χ2n) is 4.17. The van der Waals surface area contributed by atoms with Crippen LogP contribution in [0.4, 0.5) is 4.39 Å². The molecular formula is C14H18FNO3S. The molecular weight excluding hydrogens is 281 g/mol. The fourth-order valence-corrected chi connectivity index (χ4v) is 2.48. The van der Waals surface area contributed by atoms with E-state index in [2.05, 4.69) is 0 Å². The average molecular weight is 299 g/mol. The number of aliphatic carboxylic acids is 1. The van der Waals surface area contributed by atoms with Crippen molar-refractivity contribution in [2.45, 2.75) is 24.7 Å². The number of benzene rings is 1. The Bertz CT molecular complexity index is 450. The number of amides is 1. The van der Waals surface area contributed by atoms with Crippen LogP contribution >= 0.6 is 11.8 Å². The lowest BCUT2D eigenvalue weighted by Gasteiger charge is -2.19. The standard InChI is InChI=1S/C14H18FNO3S/c1-2-16(9-7-14(18)19)13(17)8-10-20-12-5-3-11(15)4-6-12/h3-6H,2,7-10H2,1H3,(H,18,19). The Balaban J connectivity index is 2.33. The van der Waals surface area contributed by atoms with Crippen molar-refractivity contribution in [3.63, 3.8) is 0 Å². The Labute approximate surface area is 122 Å². The van der Waals surface area contributed by atoms with E-state index < -0.39 is 5.97 Å². The maximum Gasteiger partial charge on any atom is 0.305 e. The second kappa shape index (κ2) is 8.58. The van der Waals surface area contributed by atoms with E-state index in [4.69, 9.17) is 5.11 Å². The third-order valence-electron chi connectivity index (χ3n) is 2.73. The van der Waals surface area contributed by atoms with E-state index in [1.165, 1.54) is 23.9 Å². The number of rotatable bonds is 8. The molecule has 1 rings (SSSR count). The van der Waals surface area contributed by atoms with Crippen LogP contribution in [0.2, 0.25) is 0 Å². The maximum atomic E-state index is 12.7. The number of hydrogen-bond acceptors (Lipinski definition) is 3. The predicted octanol–water partition coefficient (Wildman–Crippen LogP) is 2.63. The molecule has 20 heavy (non-hydrogen) atoms. The Morgan fingerprint density at radius 1 is 1.25 bits per heavy atom. The summed E-state index contributed by atoms with van der Waals surface area (Å²) in [6.45, 7) is 2.58. The molecule has 6 heteroatoms. The molecule has 0 aliphatic heterocycles. The van der Waals surface area contributed by atoms with Crippen LogP contribution in [-0.4, -0.2) is 40.7 Å². The summed E-state index contributed by atoms with van der Waals surface area (Å²) >= 11 is 1.48. The van der Waals surface area contributed by atoms with Gasteiger partial charge in [-0.05, 0) is 31.2 Å². The molecule has 0 aliphatic rings. The van der Waals surface area contributed by atoms with Gasteiger partial charge in [-0.1, -0.05) is 0 Å². The maximum absolute atomic E-state index is 12.7. The van der Waals surface area contributed by atoms with Crippen molar-refractivity contribution in [1.82, 2.24) is 4.90 Å². The monoisotopic (exact) mass is 299 g/mol. The molecule has 1 aromatic rings. The van der Waals surface area contributed by atoms with E-state index >= 15 is 0 Å². The summed E-state index contributed by atoms with van der Waals surface area (Å²) in [7, 11) is 0. The SMILES string of the molecule is CCN(CCC(=O)O)C(=O)CCSc1ccc(F)cc1. The number of carbonyl (C=O) groups excluding carboxylic acids is 1. The van der Waals surface area contributed by atoms with Crippen molar-refractivity contribution in [1.29, 1.82) is 0 Å². The van der Waals surface area contributed by atoms with Crippen LogP contribution in [0.5, 0.6) is 0 Å². The zero-order chi connectivity index (χ0) is 15.0. The summed E-state index contributed by atoms with van der Waals surface area (Å²) < 4.78 is 12.7. The lowest BCUT2D eigenvalue weighted by atomic mass is 10.3. The van der Waals surface area contributed by atoms with Gasteiger partial charge in [0.1, 0.15) is 5.82 Å². The molecule has 4 nitrogen and oxygen atoms in total. The van der Waals surface area contributed by atoms with Gasteiger partial charge in [-0.3, -0.25) is 9.59 Å². The molecule has 0 saturated carbocycles. The van der Waals surface area contributed by atoms with Crippen LogP contribution in [0.1, 0.15) is 19.8 Å². The molecule has 1 amide bonds. The number of hydrogen-bond donors (Lipinski definition) is 1. The summed E-state index contributed by atoms with van der Waals surface area (Å²) in [6.07, 6.45) is 0.306. The van der Waals surface area contributed by atoms with Gasteiger partial charge in [0.2, 0.25) is 5.91 Å². The largest absolute Gasteiger partial charge is 0.481 e. The van der Waals surface area contributed by atoms with Crippen LogP contribution in [0.3, 0.4) is 0 Å². The summed E-state index contributed by atoms with van der Waals surface area (Å²) in [5.41, 5.74) is 0. The van der Waals surface area contributed by atoms with Gasteiger partial charge in [-0.15, -0.1) is 11.8 Å². The minimum Gasteiger partial charge on any atom is -0.481 e. The molecule has 0 aliphatic carbocycles. The summed E-state index contributed by atoms with van der Waals surface area (Å²) in [6, 6.07) is 6.11. The van der Waals surface area contributed by atoms with Crippen molar-refractivity contribution < 1.29 is 19.1 Å². The fourth-order valence-electron chi connectivity index (χ4n) is 1.63. The first-order chi connectivity index (χ1) is 9.52. The number of nitrogens with zero attached hydrogens (tertiary/aromatic N) is 1. The average Bonchev–Trinajstić information content (AvgIpc) is 2.41. The molecule has 1 aromatic carbocycles. The van der Waals surface area contributed by atoms with Crippen molar-refractivity contribution in [3.05, 3.63) is 30.1 Å². The smallest absolute Gasteiger partial charge is 0.305 e. The molecule has 0 saturated heterocycles. The van der Waals surface area contributed by atoms with Gasteiger partial charge in [-0.25, -0.2) is 4.39 Å². The third-order valence-corrected chi connectivity index (χ3v) is 3.74. The predicted molar refractivity (Wildman–Crippen MR) is 76.2 cm³/mol. The highest BCUT2D eigenvalue weighted by atomic mass is 32.2. The van der Waals surface area contributed by atoms with Gasteiger partial charge >= 0.3 is 5.97 Å². The van der Waals surface area contributed by atoms with Gasteiger partial charge in [0, 0.05) is 30.2 Å². The topological polar surface area (TPSA) is 57.6 Å². The first-order valence-corrected chi connectivity index (χ1v) is 7.39. The zero-order valence-corrected chi connectivity index (χ0v) is 12.2. The van der Waals surface area contributed by atoms with Gasteiger partial charge in [-0.2, -0.15) is 0 Å². The molecule has 0 spiro atoms. The Kier molecular flexibility index (Phi) is 7.08. The minimum absolute atomic E-state index is 0.0370. The van der Waals surface area contributed by atoms with Gasteiger partial charge in [0.25, 0.3) is 0 Å². The van der Waals surface area contributed by atoms with E-state index in [0.717, 1.165) is 4.90 Å². The Hall–Kier alpha value is -1.56. The highest BCUT2D eigenvalue weighted by molar-refractivity contribution is 7.99. The van der Waals surface area contributed by atoms with E-state index in [9.17, 15) is 14.0 Å². The quantitative estimate of drug-likeness (QED) is 0.750. The van der Waals surface area contributed by atoms with E-state index in [1.807, 2.05) is 6.92 Å². The van der Waals surface area contributed by atoms with Crippen LogP contribution in [0.25, 0.3) is 0 Å². The molecule has 0 aromatic heterocycles. The lowest BCUT2D eigenvalue weighted by molar-refractivity contribution is -0.138. The Morgan fingerprint density at radius 3 is 2.45 bits per heavy atom. The van der Waals surface area contributed by atoms with Gasteiger partial charge in [0.15, 0.2) is 0 Å². The number of carboxylic acid groups (broad SMARTS) is 1. The fraction of sp³-hybridized carbons (Fsp3) is 0.429. The summed E-state index contributed by atoms with van der Waals surface area (Å²) in [5.74, 6) is -0.648. The lowest BCUT2D eigenvalue weighted by Crippen LogP contribution is -2.33. The second-order valence-corrected chi connectivity index (χ2v) is 5.34. The molecule has 0 atom stereocenters. The third kappa shape index (κ3) is 6.06. The minimum atomic E-state index is -0.906. The van der Waals surface area contributed by atoms with Gasteiger partial charge in [0.05, 0.1) is 6.42 Å². The van der Waals surface area contributed by atoms with Crippen molar-refractivity contribution in [2.24, 2.45) is 0 Å². The van der Waals surface area contributed by atoms with E-state index in [1.54, 1.807) is 17.0 Å². The molecule has 110 valence electrons. The summed E-state index contributed by atoms with van der Waals surface area (Å²) in [5, 5.41) is 8.61. The van der Waals surface area contributed by atoms with Crippen molar-refractivity contribution in [3.8, 4) is 0 Å². The number of halogens is 1. The van der Waals surface area contributed by atoms with Crippen LogP contribution < -0.4 is 0 Å². The number of carboxylic acids is 1. The number of thioether (sulfide) groups is 1. The molecule has 0 radical (unpaired) electrons. The highest BCUT2D eigenvalue weighted by Crippen LogP contribution is 2.19. The van der Waals surface area contributed by atoms with Crippen molar-refractivity contribution >= 4 is 23.6 Å². The van der Waals surface area contributed by atoms with Crippen LogP contribution in [0.15, 0.2) is 29.2 Å². The normalized spacial score (nSPS) is 10.3. The molecule has 0 heterocycles. The molecule has 0 unspecified atom stereocenters. The first kappa shape index (κ1) is 16.5. The molecule has 0 fully saturated rings. The molecule has 1 N–H and O–H groups in total. The van der Waals surface area contributed by atoms with E-state index in [0.29, 0.717) is 18.7 Å². The van der Waals surface area contributed by atoms with Crippen LogP contribution in [0, 0.1) is 5.82 Å². The Morgan fingerprint density at radius 2 is 1.90 bits per heavy atom. The summed E-state index contributed by atoms with van der Waals surface area (Å²) in [4.78, 5) is 24.8. The highest BCUT2D eigenvalue weighted by Gasteiger charge is 2.12.